The number of carbonyl (C=O) groups is 1. The first-order valence-electron chi connectivity index (χ1n) is 7.51. The summed E-state index contributed by atoms with van der Waals surface area (Å²) in [5.41, 5.74) is 0.501. The minimum atomic E-state index is -0.569. The van der Waals surface area contributed by atoms with Crippen molar-refractivity contribution in [1.29, 1.82) is 0 Å². The average Bonchev–Trinajstić information content (AvgIpc) is 3.04. The van der Waals surface area contributed by atoms with Crippen LogP contribution in [-0.2, 0) is 6.54 Å². The van der Waals surface area contributed by atoms with Gasteiger partial charge in [0.05, 0.1) is 6.54 Å². The van der Waals surface area contributed by atoms with Crippen LogP contribution >= 0.6 is 0 Å². The third-order valence-electron chi connectivity index (χ3n) is 3.88. The van der Waals surface area contributed by atoms with Crippen LogP contribution in [0, 0.1) is 5.82 Å². The van der Waals surface area contributed by atoms with Crippen molar-refractivity contribution in [2.45, 2.75) is 6.54 Å². The zero-order valence-electron chi connectivity index (χ0n) is 12.9. The molecule has 0 aliphatic rings. The first kappa shape index (κ1) is 15.0. The smallest absolute Gasteiger partial charge is 0.257 e. The Bertz CT molecular complexity index is 1160. The minimum Gasteiger partial charge on any atom is -0.360 e. The van der Waals surface area contributed by atoms with Crippen molar-refractivity contribution in [3.63, 3.8) is 0 Å². The lowest BCUT2D eigenvalue weighted by atomic mass is 10.1. The quantitative estimate of drug-likeness (QED) is 0.594. The van der Waals surface area contributed by atoms with E-state index < -0.39 is 17.2 Å². The molecular formula is C17H12FN5O2. The predicted molar refractivity (Wildman–Crippen MR) is 88.7 cm³/mol. The Morgan fingerprint density at radius 2 is 2.12 bits per heavy atom. The van der Waals surface area contributed by atoms with Gasteiger partial charge in [-0.3, -0.25) is 14.0 Å². The summed E-state index contributed by atoms with van der Waals surface area (Å²) >= 11 is 0. The van der Waals surface area contributed by atoms with Crippen LogP contribution < -0.4 is 10.7 Å². The molecule has 8 heteroatoms. The maximum Gasteiger partial charge on any atom is 0.257 e. The summed E-state index contributed by atoms with van der Waals surface area (Å²) in [6.07, 6.45) is 3.10. The van der Waals surface area contributed by atoms with Crippen LogP contribution in [0.4, 0.5) is 4.39 Å². The summed E-state index contributed by atoms with van der Waals surface area (Å²) in [5, 5.41) is 10.8. The summed E-state index contributed by atoms with van der Waals surface area (Å²) in [6, 6.07) is 9.26. The normalized spacial score (nSPS) is 11.1. The van der Waals surface area contributed by atoms with Gasteiger partial charge in [-0.15, -0.1) is 10.2 Å². The van der Waals surface area contributed by atoms with E-state index in [4.69, 9.17) is 0 Å². The van der Waals surface area contributed by atoms with Gasteiger partial charge >= 0.3 is 0 Å². The fraction of sp³-hybridized carbons (Fsp3) is 0.0588. The van der Waals surface area contributed by atoms with Gasteiger partial charge in [-0.05, 0) is 30.3 Å². The van der Waals surface area contributed by atoms with Crippen LogP contribution in [-0.4, -0.2) is 25.5 Å². The van der Waals surface area contributed by atoms with E-state index in [1.54, 1.807) is 16.7 Å². The van der Waals surface area contributed by atoms with Gasteiger partial charge in [-0.25, -0.2) is 4.39 Å². The van der Waals surface area contributed by atoms with Gasteiger partial charge in [0.25, 0.3) is 5.91 Å². The van der Waals surface area contributed by atoms with E-state index in [0.29, 0.717) is 17.0 Å². The zero-order chi connectivity index (χ0) is 17.4. The van der Waals surface area contributed by atoms with Crippen molar-refractivity contribution in [3.05, 3.63) is 76.2 Å². The van der Waals surface area contributed by atoms with Crippen molar-refractivity contribution in [2.24, 2.45) is 0 Å². The summed E-state index contributed by atoms with van der Waals surface area (Å²) in [6.45, 7) is 0.102. The van der Waals surface area contributed by atoms with Crippen molar-refractivity contribution in [2.75, 3.05) is 0 Å². The number of amides is 1. The van der Waals surface area contributed by atoms with Gasteiger partial charge in [-0.2, -0.15) is 0 Å². The number of halogens is 1. The van der Waals surface area contributed by atoms with E-state index >= 15 is 0 Å². The topological polar surface area (TPSA) is 92.2 Å². The highest BCUT2D eigenvalue weighted by atomic mass is 19.1. The lowest BCUT2D eigenvalue weighted by molar-refractivity contribution is 0.0948. The first-order chi connectivity index (χ1) is 12.1. The number of H-pyrrole nitrogens is 1. The Hall–Kier alpha value is -3.55. The van der Waals surface area contributed by atoms with E-state index in [1.807, 2.05) is 12.1 Å². The molecule has 25 heavy (non-hydrogen) atoms. The molecule has 3 aromatic heterocycles. The first-order valence-corrected chi connectivity index (χ1v) is 7.51. The molecule has 2 N–H and O–H groups in total. The maximum atomic E-state index is 13.4. The van der Waals surface area contributed by atoms with Crippen molar-refractivity contribution >= 4 is 22.5 Å². The number of pyridine rings is 2. The zero-order valence-corrected chi connectivity index (χ0v) is 12.9. The molecule has 124 valence electrons. The van der Waals surface area contributed by atoms with Crippen LogP contribution in [0.25, 0.3) is 16.6 Å². The number of nitrogens with zero attached hydrogens (tertiary/aromatic N) is 3. The second kappa shape index (κ2) is 5.82. The number of rotatable bonds is 3. The lowest BCUT2D eigenvalue weighted by Crippen LogP contribution is -2.29. The van der Waals surface area contributed by atoms with E-state index in [9.17, 15) is 14.0 Å². The van der Waals surface area contributed by atoms with E-state index in [1.165, 1.54) is 18.3 Å². The molecule has 0 bridgehead atoms. The van der Waals surface area contributed by atoms with Crippen LogP contribution in [0.5, 0.6) is 0 Å². The SMILES string of the molecule is O=C(NCc1nnc2ccccn12)c1c[nH]c2ccc(F)cc2c1=O. The Morgan fingerprint density at radius 1 is 1.24 bits per heavy atom. The van der Waals surface area contributed by atoms with Crippen LogP contribution in [0.3, 0.4) is 0 Å². The number of hydrogen-bond acceptors (Lipinski definition) is 4. The fourth-order valence-electron chi connectivity index (χ4n) is 2.63. The molecule has 0 fully saturated rings. The van der Waals surface area contributed by atoms with Crippen LogP contribution in [0.2, 0.25) is 0 Å². The van der Waals surface area contributed by atoms with Gasteiger partial charge in [-0.1, -0.05) is 6.07 Å². The second-order valence-corrected chi connectivity index (χ2v) is 5.45. The average molecular weight is 337 g/mol. The molecule has 7 nitrogen and oxygen atoms in total. The van der Waals surface area contributed by atoms with Gasteiger partial charge in [0.2, 0.25) is 5.43 Å². The summed E-state index contributed by atoms with van der Waals surface area (Å²) in [7, 11) is 0. The molecule has 4 rings (SSSR count). The number of benzene rings is 1. The van der Waals surface area contributed by atoms with E-state index in [-0.39, 0.29) is 17.5 Å². The Morgan fingerprint density at radius 3 is 3.00 bits per heavy atom. The third kappa shape index (κ3) is 2.63. The molecule has 0 radical (unpaired) electrons. The predicted octanol–water partition coefficient (Wildman–Crippen LogP) is 1.64. The molecule has 0 unspecified atom stereocenters. The third-order valence-corrected chi connectivity index (χ3v) is 3.88. The number of hydrogen-bond donors (Lipinski definition) is 2. The van der Waals surface area contributed by atoms with Crippen LogP contribution in [0.15, 0.2) is 53.6 Å². The summed E-state index contributed by atoms with van der Waals surface area (Å²) in [5.74, 6) is -0.571. The molecule has 1 aromatic carbocycles. The summed E-state index contributed by atoms with van der Waals surface area (Å²) < 4.78 is 15.1. The molecule has 0 saturated heterocycles. The highest BCUT2D eigenvalue weighted by molar-refractivity contribution is 5.97. The van der Waals surface area contributed by atoms with E-state index in [0.717, 1.165) is 6.07 Å². The highest BCUT2D eigenvalue weighted by Gasteiger charge is 2.14. The minimum absolute atomic E-state index is 0.0908. The highest BCUT2D eigenvalue weighted by Crippen LogP contribution is 2.10. The Labute approximate surface area is 140 Å². The van der Waals surface area contributed by atoms with E-state index in [2.05, 4.69) is 20.5 Å². The summed E-state index contributed by atoms with van der Waals surface area (Å²) in [4.78, 5) is 27.6. The second-order valence-electron chi connectivity index (χ2n) is 5.45. The molecule has 0 atom stereocenters. The van der Waals surface area contributed by atoms with Gasteiger partial charge < -0.3 is 10.3 Å². The van der Waals surface area contributed by atoms with Gasteiger partial charge in [0.15, 0.2) is 11.5 Å². The number of aromatic nitrogens is 4. The number of fused-ring (bicyclic) bond motifs is 2. The molecule has 0 aliphatic heterocycles. The standard InChI is InChI=1S/C17H12FN5O2/c18-10-4-5-13-11(7-10)16(24)12(8-19-13)17(25)20-9-15-22-21-14-3-1-2-6-23(14)15/h1-8H,9H2,(H,19,24)(H,20,25). The van der Waals surface area contributed by atoms with Crippen molar-refractivity contribution in [3.8, 4) is 0 Å². The molecule has 3 heterocycles. The molecule has 0 spiro atoms. The molecule has 0 aliphatic carbocycles. The van der Waals surface area contributed by atoms with Crippen molar-refractivity contribution < 1.29 is 9.18 Å². The number of carbonyl (C=O) groups excluding carboxylic acids is 1. The molecule has 0 saturated carbocycles. The van der Waals surface area contributed by atoms with Gasteiger partial charge in [0.1, 0.15) is 11.4 Å². The monoisotopic (exact) mass is 337 g/mol. The molecular weight excluding hydrogens is 325 g/mol. The van der Waals surface area contributed by atoms with Gasteiger partial charge in [0, 0.05) is 23.3 Å². The Kier molecular flexibility index (Phi) is 3.50. The molecule has 4 aromatic rings. The lowest BCUT2D eigenvalue weighted by Gasteiger charge is -2.05. The number of aromatic amines is 1. The number of nitrogens with one attached hydrogen (secondary N) is 2. The maximum absolute atomic E-state index is 13.4. The largest absolute Gasteiger partial charge is 0.360 e. The Balaban J connectivity index is 1.62. The molecule has 1 amide bonds. The van der Waals surface area contributed by atoms with Crippen molar-refractivity contribution in [1.82, 2.24) is 24.9 Å². The van der Waals surface area contributed by atoms with Crippen LogP contribution in [0.1, 0.15) is 16.2 Å². The fourth-order valence-corrected chi connectivity index (χ4v) is 2.63.